The van der Waals surface area contributed by atoms with Crippen LogP contribution in [0.3, 0.4) is 0 Å². The molecule has 1 atom stereocenters. The zero-order chi connectivity index (χ0) is 12.5. The van der Waals surface area contributed by atoms with Gasteiger partial charge < -0.3 is 14.6 Å². The molecule has 0 spiro atoms. The van der Waals surface area contributed by atoms with Crippen molar-refractivity contribution in [1.29, 1.82) is 0 Å². The van der Waals surface area contributed by atoms with Gasteiger partial charge in [-0.05, 0) is 12.1 Å². The largest absolute Gasteiger partial charge is 0.755 e. The highest BCUT2D eigenvalue weighted by Gasteiger charge is 2.35. The van der Waals surface area contributed by atoms with E-state index in [1.54, 1.807) is 0 Å². The zero-order valence-corrected chi connectivity index (χ0v) is 8.93. The molecule has 4 nitrogen and oxygen atoms in total. The van der Waals surface area contributed by atoms with Gasteiger partial charge in [0.05, 0.1) is 16.9 Å². The molecule has 0 aliphatic heterocycles. The topological polar surface area (TPSA) is 69.4 Å². The third-order valence-corrected chi connectivity index (χ3v) is 2.54. The van der Waals surface area contributed by atoms with Crippen molar-refractivity contribution >= 4 is 22.6 Å². The molecule has 0 amide bonds. The summed E-state index contributed by atoms with van der Waals surface area (Å²) < 4.78 is 59.4. The summed E-state index contributed by atoms with van der Waals surface area (Å²) in [5, 5.41) is 0. The van der Waals surface area contributed by atoms with E-state index in [4.69, 9.17) is 5.73 Å². The lowest BCUT2D eigenvalue weighted by Crippen LogP contribution is -2.24. The summed E-state index contributed by atoms with van der Waals surface area (Å²) in [6, 6.07) is 3.09. The summed E-state index contributed by atoms with van der Waals surface area (Å²) in [5.41, 5.74) is 3.44. The van der Waals surface area contributed by atoms with E-state index in [0.29, 0.717) is 4.31 Å². The molecule has 16 heavy (non-hydrogen) atoms. The molecule has 1 rings (SSSR count). The Morgan fingerprint density at radius 3 is 2.44 bits per heavy atom. The van der Waals surface area contributed by atoms with Crippen LogP contribution in [0.15, 0.2) is 18.2 Å². The molecule has 0 aliphatic rings. The van der Waals surface area contributed by atoms with Crippen LogP contribution in [0.1, 0.15) is 5.56 Å². The van der Waals surface area contributed by atoms with E-state index in [2.05, 4.69) is 0 Å². The molecule has 0 bridgehead atoms. The number of para-hydroxylation sites is 1. The third kappa shape index (κ3) is 2.45. The molecule has 0 aliphatic carbocycles. The fourth-order valence-electron chi connectivity index (χ4n) is 1.22. The molecule has 90 valence electrons. The van der Waals surface area contributed by atoms with Crippen LogP contribution in [0.2, 0.25) is 0 Å². The van der Waals surface area contributed by atoms with Crippen molar-refractivity contribution in [1.82, 2.24) is 0 Å². The monoisotopic (exact) mass is 253 g/mol. The van der Waals surface area contributed by atoms with Crippen LogP contribution < -0.4 is 10.0 Å². The molecule has 0 saturated heterocycles. The van der Waals surface area contributed by atoms with Gasteiger partial charge in [0.2, 0.25) is 0 Å². The van der Waals surface area contributed by atoms with Crippen molar-refractivity contribution in [2.24, 2.45) is 0 Å². The first kappa shape index (κ1) is 12.8. The minimum atomic E-state index is -4.65. The van der Waals surface area contributed by atoms with Crippen LogP contribution in [0.5, 0.6) is 0 Å². The van der Waals surface area contributed by atoms with Crippen LogP contribution >= 0.6 is 0 Å². The van der Waals surface area contributed by atoms with Gasteiger partial charge in [0, 0.05) is 18.3 Å². The van der Waals surface area contributed by atoms with Gasteiger partial charge in [-0.2, -0.15) is 13.2 Å². The first-order valence-corrected chi connectivity index (χ1v) is 5.07. The summed E-state index contributed by atoms with van der Waals surface area (Å²) in [5.74, 6) is 0. The molecular formula is C8H8F3N2O2S-. The average Bonchev–Trinajstić information content (AvgIpc) is 2.14. The summed E-state index contributed by atoms with van der Waals surface area (Å²) in [6.45, 7) is 0. The number of hydrogen-bond donors (Lipinski definition) is 1. The summed E-state index contributed by atoms with van der Waals surface area (Å²) in [4.78, 5) is 0. The molecule has 2 N–H and O–H groups in total. The van der Waals surface area contributed by atoms with Gasteiger partial charge in [-0.3, -0.25) is 4.21 Å². The first-order valence-electron chi connectivity index (χ1n) is 4.04. The minimum Gasteiger partial charge on any atom is -0.755 e. The van der Waals surface area contributed by atoms with Crippen molar-refractivity contribution < 1.29 is 21.9 Å². The summed E-state index contributed by atoms with van der Waals surface area (Å²) in [6.07, 6.45) is -4.65. The molecular weight excluding hydrogens is 245 g/mol. The lowest BCUT2D eigenvalue weighted by Gasteiger charge is -2.26. The molecule has 0 heterocycles. The second kappa shape index (κ2) is 4.30. The Morgan fingerprint density at radius 1 is 1.44 bits per heavy atom. The van der Waals surface area contributed by atoms with Gasteiger partial charge in [0.15, 0.2) is 0 Å². The first-order chi connectivity index (χ1) is 7.25. The second-order valence-corrected chi connectivity index (χ2v) is 3.94. The number of alkyl halides is 3. The van der Waals surface area contributed by atoms with Crippen LogP contribution in [0.4, 0.5) is 24.5 Å². The van der Waals surface area contributed by atoms with E-state index in [-0.39, 0.29) is 5.69 Å². The molecule has 8 heteroatoms. The second-order valence-electron chi connectivity index (χ2n) is 2.96. The van der Waals surface area contributed by atoms with Crippen molar-refractivity contribution in [3.8, 4) is 0 Å². The van der Waals surface area contributed by atoms with Gasteiger partial charge >= 0.3 is 6.18 Å². The molecule has 1 unspecified atom stereocenters. The van der Waals surface area contributed by atoms with Crippen LogP contribution in [0.25, 0.3) is 0 Å². The van der Waals surface area contributed by atoms with Gasteiger partial charge in [-0.15, -0.1) is 0 Å². The van der Waals surface area contributed by atoms with E-state index in [1.165, 1.54) is 6.07 Å². The maximum atomic E-state index is 12.6. The maximum Gasteiger partial charge on any atom is 0.418 e. The lowest BCUT2D eigenvalue weighted by atomic mass is 10.1. The number of halogens is 3. The predicted octanol–water partition coefficient (Wildman–Crippen LogP) is 1.52. The Balaban J connectivity index is 3.41. The Bertz CT molecular complexity index is 422. The van der Waals surface area contributed by atoms with Crippen molar-refractivity contribution in [3.63, 3.8) is 0 Å². The average molecular weight is 253 g/mol. The molecule has 0 saturated carbocycles. The van der Waals surface area contributed by atoms with Crippen LogP contribution in [0, 0.1) is 0 Å². The van der Waals surface area contributed by atoms with Crippen LogP contribution in [-0.2, 0) is 17.4 Å². The summed E-state index contributed by atoms with van der Waals surface area (Å²) >= 11 is -2.81. The maximum absolute atomic E-state index is 12.6. The SMILES string of the molecule is CN(c1c(N)cccc1C(F)(F)F)S(=O)[O-]. The number of nitrogens with zero attached hydrogens (tertiary/aromatic N) is 1. The normalized spacial score (nSPS) is 13.6. The number of nitrogens with two attached hydrogens (primary N) is 1. The highest BCUT2D eigenvalue weighted by molar-refractivity contribution is 7.80. The van der Waals surface area contributed by atoms with Crippen LogP contribution in [-0.4, -0.2) is 15.8 Å². The van der Waals surface area contributed by atoms with E-state index >= 15 is 0 Å². The Labute approximate surface area is 92.3 Å². The molecule has 1 aromatic carbocycles. The Morgan fingerprint density at radius 2 is 2.00 bits per heavy atom. The Hall–Kier alpha value is -1.28. The van der Waals surface area contributed by atoms with Crippen molar-refractivity contribution in [2.75, 3.05) is 17.1 Å². The highest BCUT2D eigenvalue weighted by Crippen LogP contribution is 2.39. The van der Waals surface area contributed by atoms with Crippen molar-refractivity contribution in [2.45, 2.75) is 6.18 Å². The van der Waals surface area contributed by atoms with Gasteiger partial charge in [0.1, 0.15) is 0 Å². The van der Waals surface area contributed by atoms with Gasteiger partial charge in [0.25, 0.3) is 0 Å². The van der Waals surface area contributed by atoms with Crippen molar-refractivity contribution in [3.05, 3.63) is 23.8 Å². The van der Waals surface area contributed by atoms with E-state index in [1.807, 2.05) is 0 Å². The molecule has 0 radical (unpaired) electrons. The number of rotatable bonds is 2. The standard InChI is InChI=1S/C8H9F3N2O2S/c1-13(16(14)15)7-5(8(9,10)11)3-2-4-6(7)12/h2-4H,12H2,1H3,(H,14,15)/p-1. The van der Waals surface area contributed by atoms with Gasteiger partial charge in [-0.1, -0.05) is 6.07 Å². The summed E-state index contributed by atoms with van der Waals surface area (Å²) in [7, 11) is 0.990. The van der Waals surface area contributed by atoms with E-state index in [0.717, 1.165) is 19.2 Å². The fraction of sp³-hybridized carbons (Fsp3) is 0.250. The highest BCUT2D eigenvalue weighted by atomic mass is 32.2. The zero-order valence-electron chi connectivity index (χ0n) is 8.12. The Kier molecular flexibility index (Phi) is 3.44. The minimum absolute atomic E-state index is 0.249. The smallest absolute Gasteiger partial charge is 0.418 e. The van der Waals surface area contributed by atoms with E-state index < -0.39 is 28.7 Å². The third-order valence-electron chi connectivity index (χ3n) is 1.91. The number of nitrogen functional groups attached to an aromatic ring is 1. The number of benzene rings is 1. The fourth-order valence-corrected chi connectivity index (χ4v) is 1.57. The molecule has 0 fully saturated rings. The molecule has 0 aromatic heterocycles. The predicted molar refractivity (Wildman–Crippen MR) is 53.2 cm³/mol. The van der Waals surface area contributed by atoms with E-state index in [9.17, 15) is 21.9 Å². The quantitative estimate of drug-likeness (QED) is 0.641. The number of anilines is 2. The molecule has 1 aromatic rings. The lowest BCUT2D eigenvalue weighted by molar-refractivity contribution is -0.137. The van der Waals surface area contributed by atoms with Gasteiger partial charge in [-0.25, -0.2) is 0 Å². The number of hydrogen-bond acceptors (Lipinski definition) is 3.